The maximum Gasteiger partial charge on any atom is 0.0894 e. The highest BCUT2D eigenvalue weighted by atomic mass is 35.5. The molecule has 0 aliphatic carbocycles. The Morgan fingerprint density at radius 2 is 2.24 bits per heavy atom. The number of halogens is 1. The molecule has 0 saturated heterocycles. The average molecular weight is 309 g/mol. The summed E-state index contributed by atoms with van der Waals surface area (Å²) < 4.78 is 1.89. The summed E-state index contributed by atoms with van der Waals surface area (Å²) >= 11 is 6.32. The number of nitrogens with zero attached hydrogens (tertiary/aromatic N) is 4. The molecule has 1 unspecified atom stereocenters. The zero-order chi connectivity index (χ0) is 15.4. The van der Waals surface area contributed by atoms with E-state index in [1.807, 2.05) is 37.8 Å². The van der Waals surface area contributed by atoms with Gasteiger partial charge in [0.1, 0.15) is 0 Å². The van der Waals surface area contributed by atoms with E-state index in [4.69, 9.17) is 17.4 Å². The summed E-state index contributed by atoms with van der Waals surface area (Å²) in [6, 6.07) is 3.70. The van der Waals surface area contributed by atoms with Crippen molar-refractivity contribution in [1.82, 2.24) is 25.1 Å². The van der Waals surface area contributed by atoms with E-state index in [1.165, 1.54) is 0 Å². The smallest absolute Gasteiger partial charge is 0.0894 e. The lowest BCUT2D eigenvalue weighted by molar-refractivity contribution is 0.365. The van der Waals surface area contributed by atoms with Crippen LogP contribution < -0.4 is 11.3 Å². The summed E-state index contributed by atoms with van der Waals surface area (Å²) in [5.74, 6) is 5.76. The fourth-order valence-electron chi connectivity index (χ4n) is 2.21. The SMILES string of the molecule is Cc1cc(C(NN)c2c(Cl)cnn2CCN(C)C)ccn1. The monoisotopic (exact) mass is 308 g/mol. The summed E-state index contributed by atoms with van der Waals surface area (Å²) in [7, 11) is 4.05. The lowest BCUT2D eigenvalue weighted by Gasteiger charge is -2.20. The van der Waals surface area contributed by atoms with Gasteiger partial charge in [0, 0.05) is 18.4 Å². The highest BCUT2D eigenvalue weighted by Gasteiger charge is 2.21. The molecule has 0 bridgehead atoms. The van der Waals surface area contributed by atoms with Gasteiger partial charge >= 0.3 is 0 Å². The number of aryl methyl sites for hydroxylation is 1. The summed E-state index contributed by atoms with van der Waals surface area (Å²) in [5.41, 5.74) is 5.64. The second kappa shape index (κ2) is 7.00. The minimum atomic E-state index is -0.219. The van der Waals surface area contributed by atoms with Gasteiger partial charge in [-0.3, -0.25) is 15.5 Å². The molecule has 0 saturated carbocycles. The number of aromatic nitrogens is 3. The van der Waals surface area contributed by atoms with Gasteiger partial charge in [-0.1, -0.05) is 11.6 Å². The van der Waals surface area contributed by atoms with Crippen molar-refractivity contribution in [2.45, 2.75) is 19.5 Å². The summed E-state index contributed by atoms with van der Waals surface area (Å²) in [5, 5.41) is 4.95. The molecule has 2 heterocycles. The van der Waals surface area contributed by atoms with Crippen molar-refractivity contribution in [1.29, 1.82) is 0 Å². The molecule has 2 aromatic rings. The highest BCUT2D eigenvalue weighted by Crippen LogP contribution is 2.27. The van der Waals surface area contributed by atoms with Gasteiger partial charge < -0.3 is 4.90 Å². The summed E-state index contributed by atoms with van der Waals surface area (Å²) in [4.78, 5) is 6.31. The molecule has 7 heteroatoms. The molecule has 0 aromatic carbocycles. The van der Waals surface area contributed by atoms with Crippen molar-refractivity contribution in [3.63, 3.8) is 0 Å². The Bertz CT molecular complexity index is 595. The van der Waals surface area contributed by atoms with Crippen molar-refractivity contribution >= 4 is 11.6 Å². The minimum Gasteiger partial charge on any atom is -0.308 e. The zero-order valence-corrected chi connectivity index (χ0v) is 13.3. The Kier molecular flexibility index (Phi) is 5.30. The lowest BCUT2D eigenvalue weighted by atomic mass is 10.0. The maximum atomic E-state index is 6.32. The fourth-order valence-corrected chi connectivity index (χ4v) is 2.46. The molecule has 3 N–H and O–H groups in total. The van der Waals surface area contributed by atoms with Crippen LogP contribution in [-0.4, -0.2) is 40.3 Å². The molecule has 1 atom stereocenters. The van der Waals surface area contributed by atoms with Crippen LogP contribution >= 0.6 is 11.6 Å². The van der Waals surface area contributed by atoms with E-state index >= 15 is 0 Å². The number of likely N-dealkylation sites (N-methyl/N-ethyl adjacent to an activating group) is 1. The Morgan fingerprint density at radius 3 is 2.86 bits per heavy atom. The van der Waals surface area contributed by atoms with Crippen molar-refractivity contribution in [2.24, 2.45) is 5.84 Å². The van der Waals surface area contributed by atoms with Gasteiger partial charge in [0.05, 0.1) is 29.5 Å². The molecular formula is C14H21ClN6. The van der Waals surface area contributed by atoms with Crippen LogP contribution in [0.1, 0.15) is 23.0 Å². The first-order valence-electron chi connectivity index (χ1n) is 6.77. The normalized spacial score (nSPS) is 12.9. The molecule has 0 radical (unpaired) electrons. The zero-order valence-electron chi connectivity index (χ0n) is 12.5. The molecule has 0 amide bonds. The molecule has 0 fully saturated rings. The van der Waals surface area contributed by atoms with Gasteiger partial charge in [0.15, 0.2) is 0 Å². The van der Waals surface area contributed by atoms with Crippen LogP contribution in [0.15, 0.2) is 24.5 Å². The Morgan fingerprint density at radius 1 is 1.48 bits per heavy atom. The number of pyridine rings is 1. The van der Waals surface area contributed by atoms with E-state index in [-0.39, 0.29) is 6.04 Å². The van der Waals surface area contributed by atoms with Crippen molar-refractivity contribution < 1.29 is 0 Å². The molecule has 2 aromatic heterocycles. The van der Waals surface area contributed by atoms with E-state index in [2.05, 4.69) is 20.4 Å². The number of hydrogen-bond acceptors (Lipinski definition) is 5. The molecule has 0 aliphatic heterocycles. The van der Waals surface area contributed by atoms with Crippen LogP contribution in [0.25, 0.3) is 0 Å². The highest BCUT2D eigenvalue weighted by molar-refractivity contribution is 6.31. The number of hydrogen-bond donors (Lipinski definition) is 2. The van der Waals surface area contributed by atoms with Crippen LogP contribution in [0.4, 0.5) is 0 Å². The number of nitrogens with two attached hydrogens (primary N) is 1. The first kappa shape index (κ1) is 15.9. The van der Waals surface area contributed by atoms with E-state index in [9.17, 15) is 0 Å². The van der Waals surface area contributed by atoms with Crippen LogP contribution in [0.3, 0.4) is 0 Å². The van der Waals surface area contributed by atoms with Gasteiger partial charge in [-0.05, 0) is 38.7 Å². The van der Waals surface area contributed by atoms with E-state index in [0.717, 1.165) is 30.0 Å². The third kappa shape index (κ3) is 3.79. The molecule has 0 aliphatic rings. The van der Waals surface area contributed by atoms with Gasteiger partial charge in [-0.25, -0.2) is 5.43 Å². The van der Waals surface area contributed by atoms with E-state index < -0.39 is 0 Å². The third-order valence-corrected chi connectivity index (χ3v) is 3.58. The van der Waals surface area contributed by atoms with Gasteiger partial charge in [-0.15, -0.1) is 0 Å². The summed E-state index contributed by atoms with van der Waals surface area (Å²) in [6.07, 6.45) is 3.42. The maximum absolute atomic E-state index is 6.32. The van der Waals surface area contributed by atoms with Crippen molar-refractivity contribution in [3.05, 3.63) is 46.5 Å². The predicted octanol–water partition coefficient (Wildman–Crippen LogP) is 1.35. The van der Waals surface area contributed by atoms with Crippen LogP contribution in [-0.2, 0) is 6.54 Å². The largest absolute Gasteiger partial charge is 0.308 e. The Balaban J connectivity index is 2.35. The third-order valence-electron chi connectivity index (χ3n) is 3.29. The van der Waals surface area contributed by atoms with Crippen molar-refractivity contribution in [3.8, 4) is 0 Å². The first-order chi connectivity index (χ1) is 10.0. The lowest BCUT2D eigenvalue weighted by Crippen LogP contribution is -2.32. The molecule has 114 valence electrons. The summed E-state index contributed by atoms with van der Waals surface area (Å²) in [6.45, 7) is 3.57. The molecule has 2 rings (SSSR count). The topological polar surface area (TPSA) is 72.0 Å². The van der Waals surface area contributed by atoms with Gasteiger partial charge in [-0.2, -0.15) is 5.10 Å². The number of nitrogens with one attached hydrogen (secondary N) is 1. The van der Waals surface area contributed by atoms with Crippen LogP contribution in [0.5, 0.6) is 0 Å². The molecule has 21 heavy (non-hydrogen) atoms. The second-order valence-corrected chi connectivity index (χ2v) is 5.64. The van der Waals surface area contributed by atoms with Gasteiger partial charge in [0.2, 0.25) is 0 Å². The fraction of sp³-hybridized carbons (Fsp3) is 0.429. The van der Waals surface area contributed by atoms with E-state index in [0.29, 0.717) is 5.02 Å². The first-order valence-corrected chi connectivity index (χ1v) is 7.15. The number of rotatable bonds is 6. The quantitative estimate of drug-likeness (QED) is 0.623. The predicted molar refractivity (Wildman–Crippen MR) is 83.9 cm³/mol. The average Bonchev–Trinajstić information content (AvgIpc) is 2.79. The minimum absolute atomic E-state index is 0.219. The molecule has 6 nitrogen and oxygen atoms in total. The number of hydrazine groups is 1. The van der Waals surface area contributed by atoms with Crippen LogP contribution in [0.2, 0.25) is 5.02 Å². The van der Waals surface area contributed by atoms with Crippen molar-refractivity contribution in [2.75, 3.05) is 20.6 Å². The Hall–Kier alpha value is -1.47. The van der Waals surface area contributed by atoms with Gasteiger partial charge in [0.25, 0.3) is 0 Å². The van der Waals surface area contributed by atoms with Crippen LogP contribution in [0, 0.1) is 6.92 Å². The van der Waals surface area contributed by atoms with E-state index in [1.54, 1.807) is 12.4 Å². The second-order valence-electron chi connectivity index (χ2n) is 5.23. The molecular weight excluding hydrogens is 288 g/mol. The molecule has 0 spiro atoms. The Labute approximate surface area is 129 Å². The standard InChI is InChI=1S/C14H21ClN6/c1-10-8-11(4-5-17-10)13(19-16)14-12(15)9-18-21(14)7-6-20(2)3/h4-5,8-9,13,19H,6-7,16H2,1-3H3.